The largest absolute Gasteiger partial charge is 1.00 e. The van der Waals surface area contributed by atoms with Gasteiger partial charge in [-0.15, -0.1) is 0 Å². The summed E-state index contributed by atoms with van der Waals surface area (Å²) in [5, 5.41) is 38.2. The maximum atomic E-state index is 12.4. The molecule has 12 heteroatoms. The second kappa shape index (κ2) is 13.2. The molecule has 4 saturated carbocycles. The van der Waals surface area contributed by atoms with Crippen LogP contribution in [0.1, 0.15) is 78.6 Å². The Morgan fingerprint density at radius 1 is 1.00 bits per heavy atom. The molecule has 5 N–H and O–H groups in total. The zero-order valence-electron chi connectivity index (χ0n) is 24.5. The fraction of sp³-hybridized carbons (Fsp3) is 0.929. The molecule has 11 atom stereocenters. The van der Waals surface area contributed by atoms with E-state index in [1.165, 1.54) is 0 Å². The average molecular weight is 595 g/mol. The molecule has 4 aliphatic carbocycles. The molecule has 224 valence electrons. The molecule has 0 heterocycles. The van der Waals surface area contributed by atoms with E-state index >= 15 is 0 Å². The molecule has 0 spiro atoms. The number of nitrogens with one attached hydrogen (secondary N) is 2. The summed E-state index contributed by atoms with van der Waals surface area (Å²) in [6.45, 7) is 6.05. The number of hydrogen-bond donors (Lipinski definition) is 5. The van der Waals surface area contributed by atoms with Crippen molar-refractivity contribution in [3.05, 3.63) is 0 Å². The summed E-state index contributed by atoms with van der Waals surface area (Å²) in [4.78, 5) is 24.2. The summed E-state index contributed by atoms with van der Waals surface area (Å²) in [6, 6.07) is 0. The van der Waals surface area contributed by atoms with Crippen molar-refractivity contribution in [1.29, 1.82) is 0 Å². The van der Waals surface area contributed by atoms with Gasteiger partial charge in [-0.3, -0.25) is 9.59 Å². The van der Waals surface area contributed by atoms with Gasteiger partial charge in [0.05, 0.1) is 40.7 Å². The van der Waals surface area contributed by atoms with Crippen LogP contribution < -0.4 is 40.2 Å². The average Bonchev–Trinajstić information content (AvgIpc) is 3.20. The van der Waals surface area contributed by atoms with Gasteiger partial charge in [0.2, 0.25) is 11.8 Å². The van der Waals surface area contributed by atoms with Crippen molar-refractivity contribution in [2.45, 2.75) is 96.9 Å². The van der Waals surface area contributed by atoms with Crippen LogP contribution >= 0.6 is 0 Å². The number of hydrogen-bond acceptors (Lipinski definition) is 8. The van der Waals surface area contributed by atoms with E-state index in [1.807, 2.05) is 0 Å². The Bertz CT molecular complexity index is 1030. The Morgan fingerprint density at radius 2 is 1.70 bits per heavy atom. The summed E-state index contributed by atoms with van der Waals surface area (Å²) in [5.41, 5.74) is -0.306. The summed E-state index contributed by atoms with van der Waals surface area (Å²) >= 11 is 0. The third-order valence-corrected chi connectivity index (χ3v) is 12.2. The van der Waals surface area contributed by atoms with Gasteiger partial charge in [-0.1, -0.05) is 20.8 Å². The SMILES string of the molecule is C[C@H](CCC(=O)NCC(=O)NCCS(=O)(=O)[O-])[C@H]1CC[C@H]2[C@@H]3[C@H](O)CC4C[C@H](O)CCC4(C)[C@H]3C[C@H](O)C12C.[Na+]. The van der Waals surface area contributed by atoms with Crippen molar-refractivity contribution < 1.29 is 67.4 Å². The van der Waals surface area contributed by atoms with Crippen molar-refractivity contribution in [2.24, 2.45) is 46.3 Å². The zero-order chi connectivity index (χ0) is 28.8. The van der Waals surface area contributed by atoms with Gasteiger partial charge in [-0.05, 0) is 97.7 Å². The second-order valence-electron chi connectivity index (χ2n) is 13.4. The number of carbonyl (C=O) groups is 2. The standard InChI is InChI=1S/C28H48N2O8S.Na/c1-16(4-7-24(34)30-15-25(35)29-10-11-39(36,37)38)19-5-6-20-26-21(14-23(33)28(19,20)3)27(2)9-8-18(31)12-17(27)13-22(26)32;/h16-23,26,31-33H,4-15H2,1-3H3,(H,29,35)(H,30,34)(H,36,37,38);/q;+1/p-1/t16-,17?,18-,19-,20+,21+,22-,23+,26+,27?,28?;/m1./s1. The topological polar surface area (TPSA) is 176 Å². The van der Waals surface area contributed by atoms with Gasteiger partial charge in [-0.25, -0.2) is 8.42 Å². The number of fused-ring (bicyclic) bond motifs is 5. The summed E-state index contributed by atoms with van der Waals surface area (Å²) < 4.78 is 31.9. The molecule has 40 heavy (non-hydrogen) atoms. The third-order valence-electron chi connectivity index (χ3n) is 11.5. The Labute approximate surface area is 260 Å². The van der Waals surface area contributed by atoms with Crippen molar-refractivity contribution in [2.75, 3.05) is 18.8 Å². The smallest absolute Gasteiger partial charge is 0.748 e. The van der Waals surface area contributed by atoms with Gasteiger partial charge in [0.25, 0.3) is 0 Å². The summed E-state index contributed by atoms with van der Waals surface area (Å²) in [5.74, 6) is -0.259. The van der Waals surface area contributed by atoms with E-state index in [4.69, 9.17) is 0 Å². The van der Waals surface area contributed by atoms with Gasteiger partial charge >= 0.3 is 29.6 Å². The number of aliphatic hydroxyl groups excluding tert-OH is 3. The third kappa shape index (κ3) is 6.93. The summed E-state index contributed by atoms with van der Waals surface area (Å²) in [7, 11) is -4.41. The maximum absolute atomic E-state index is 12.4. The molecule has 4 fully saturated rings. The first-order chi connectivity index (χ1) is 18.2. The molecular formula is C28H47N2NaO8S. The van der Waals surface area contributed by atoms with Gasteiger partial charge in [0.15, 0.2) is 0 Å². The van der Waals surface area contributed by atoms with Crippen LogP contribution in [0.25, 0.3) is 0 Å². The fourth-order valence-corrected chi connectivity index (χ4v) is 9.69. The van der Waals surface area contributed by atoms with E-state index in [2.05, 4.69) is 31.4 Å². The molecule has 0 radical (unpaired) electrons. The molecular weight excluding hydrogens is 547 g/mol. The van der Waals surface area contributed by atoms with E-state index < -0.39 is 34.0 Å². The number of carbonyl (C=O) groups excluding carboxylic acids is 2. The van der Waals surface area contributed by atoms with Crippen LogP contribution in [0.4, 0.5) is 0 Å². The molecule has 0 saturated heterocycles. The zero-order valence-corrected chi connectivity index (χ0v) is 27.3. The number of rotatable bonds is 9. The van der Waals surface area contributed by atoms with Gasteiger partial charge in [-0.2, -0.15) is 0 Å². The van der Waals surface area contributed by atoms with E-state index in [9.17, 15) is 37.9 Å². The first-order valence-corrected chi connectivity index (χ1v) is 16.3. The molecule has 4 rings (SSSR count). The van der Waals surface area contributed by atoms with Crippen LogP contribution in [-0.2, 0) is 19.7 Å². The van der Waals surface area contributed by atoms with Crippen molar-refractivity contribution >= 4 is 21.9 Å². The van der Waals surface area contributed by atoms with Crippen LogP contribution in [0.5, 0.6) is 0 Å². The minimum atomic E-state index is -4.41. The van der Waals surface area contributed by atoms with Gasteiger partial charge in [0, 0.05) is 13.0 Å². The van der Waals surface area contributed by atoms with Crippen molar-refractivity contribution in [1.82, 2.24) is 10.6 Å². The molecule has 0 aliphatic heterocycles. The van der Waals surface area contributed by atoms with Gasteiger partial charge < -0.3 is 30.5 Å². The van der Waals surface area contributed by atoms with E-state index in [1.54, 1.807) is 0 Å². The first-order valence-electron chi connectivity index (χ1n) is 14.7. The molecule has 4 aliphatic rings. The Morgan fingerprint density at radius 3 is 2.38 bits per heavy atom. The fourth-order valence-electron chi connectivity index (χ4n) is 9.34. The monoisotopic (exact) mass is 594 g/mol. The van der Waals surface area contributed by atoms with E-state index in [-0.39, 0.29) is 107 Å². The first kappa shape index (κ1) is 34.2. The normalized spacial score (nSPS) is 41.5. The number of amides is 2. The molecule has 0 aromatic carbocycles. The quantitative estimate of drug-likeness (QED) is 0.153. The van der Waals surface area contributed by atoms with Crippen LogP contribution in [0.2, 0.25) is 0 Å². The Balaban J connectivity index is 0.00000441. The van der Waals surface area contributed by atoms with Crippen LogP contribution in [-0.4, -0.2) is 77.3 Å². The minimum absolute atomic E-state index is 0. The van der Waals surface area contributed by atoms with Crippen LogP contribution in [0, 0.1) is 46.3 Å². The van der Waals surface area contributed by atoms with Crippen molar-refractivity contribution in [3.63, 3.8) is 0 Å². The maximum Gasteiger partial charge on any atom is 1.00 e. The predicted octanol–water partition coefficient (Wildman–Crippen LogP) is -1.85. The molecule has 0 bridgehead atoms. The Hall–Kier alpha value is -0.270. The van der Waals surface area contributed by atoms with Crippen LogP contribution in [0.15, 0.2) is 0 Å². The molecule has 0 aromatic heterocycles. The Kier molecular flexibility index (Phi) is 11.3. The van der Waals surface area contributed by atoms with Crippen molar-refractivity contribution in [3.8, 4) is 0 Å². The molecule has 0 aromatic rings. The predicted molar refractivity (Wildman–Crippen MR) is 143 cm³/mol. The number of aliphatic hydroxyl groups is 3. The molecule has 2 amide bonds. The summed E-state index contributed by atoms with van der Waals surface area (Å²) in [6.07, 6.45) is 5.39. The van der Waals surface area contributed by atoms with E-state index in [0.29, 0.717) is 12.8 Å². The molecule has 10 nitrogen and oxygen atoms in total. The second-order valence-corrected chi connectivity index (χ2v) is 15.0. The minimum Gasteiger partial charge on any atom is -0.748 e. The van der Waals surface area contributed by atoms with Crippen LogP contribution in [0.3, 0.4) is 0 Å². The van der Waals surface area contributed by atoms with Gasteiger partial charge in [0.1, 0.15) is 0 Å². The van der Waals surface area contributed by atoms with E-state index in [0.717, 1.165) is 38.5 Å². The molecule has 3 unspecified atom stereocenters.